The lowest BCUT2D eigenvalue weighted by Crippen LogP contribution is -2.49. The number of hydrogen-bond acceptors (Lipinski definition) is 3. The minimum atomic E-state index is -1.01. The molecule has 1 atom stereocenters. The van der Waals surface area contributed by atoms with Gasteiger partial charge in [-0.25, -0.2) is 4.79 Å². The summed E-state index contributed by atoms with van der Waals surface area (Å²) < 4.78 is 0. The molecule has 0 aromatic carbocycles. The number of hydrogen-bond donors (Lipinski definition) is 2. The van der Waals surface area contributed by atoms with Gasteiger partial charge in [0, 0.05) is 25.7 Å². The normalized spacial score (nSPS) is 12.0. The van der Waals surface area contributed by atoms with Gasteiger partial charge >= 0.3 is 12.0 Å². The first kappa shape index (κ1) is 16.7. The van der Waals surface area contributed by atoms with Crippen LogP contribution in [0.5, 0.6) is 0 Å². The number of carbonyl (C=O) groups is 2. The van der Waals surface area contributed by atoms with Crippen LogP contribution in [0.4, 0.5) is 4.79 Å². The number of carbonyl (C=O) groups excluding carboxylic acids is 1. The molecule has 0 aliphatic carbocycles. The van der Waals surface area contributed by atoms with Gasteiger partial charge in [-0.15, -0.1) is 0 Å². The summed E-state index contributed by atoms with van der Waals surface area (Å²) in [6.45, 7) is 6.27. The highest BCUT2D eigenvalue weighted by Gasteiger charge is 2.25. The Bertz CT molecular complexity index is 271. The zero-order chi connectivity index (χ0) is 14.1. The number of rotatable bonds is 8. The number of nitrogens with zero attached hydrogens (tertiary/aromatic N) is 2. The van der Waals surface area contributed by atoms with E-state index in [1.165, 1.54) is 4.90 Å². The first-order valence-electron chi connectivity index (χ1n) is 6.36. The van der Waals surface area contributed by atoms with E-state index in [0.717, 1.165) is 0 Å². The Morgan fingerprint density at radius 3 is 2.28 bits per heavy atom. The van der Waals surface area contributed by atoms with Gasteiger partial charge < -0.3 is 20.0 Å². The summed E-state index contributed by atoms with van der Waals surface area (Å²) in [6.07, 6.45) is 1.21. The van der Waals surface area contributed by atoms with Crippen molar-refractivity contribution in [2.24, 2.45) is 0 Å². The molecule has 0 aliphatic rings. The second kappa shape index (κ2) is 8.74. The van der Waals surface area contributed by atoms with Gasteiger partial charge in [-0.05, 0) is 26.7 Å². The quantitative estimate of drug-likeness (QED) is 0.682. The number of carboxylic acid groups (broad SMARTS) is 1. The van der Waals surface area contributed by atoms with E-state index in [0.29, 0.717) is 25.9 Å². The number of urea groups is 1. The largest absolute Gasteiger partial charge is 0.480 e. The Morgan fingerprint density at radius 2 is 1.89 bits per heavy atom. The molecule has 0 bridgehead atoms. The zero-order valence-electron chi connectivity index (χ0n) is 11.4. The van der Waals surface area contributed by atoms with E-state index in [9.17, 15) is 9.59 Å². The highest BCUT2D eigenvalue weighted by Crippen LogP contribution is 2.08. The maximum absolute atomic E-state index is 12.2. The highest BCUT2D eigenvalue weighted by molar-refractivity contribution is 5.80. The van der Waals surface area contributed by atoms with Crippen molar-refractivity contribution in [3.8, 4) is 0 Å². The predicted octanol–water partition coefficient (Wildman–Crippen LogP) is 0.996. The summed E-state index contributed by atoms with van der Waals surface area (Å²) in [5.41, 5.74) is 0. The van der Waals surface area contributed by atoms with Crippen LogP contribution in [0.1, 0.15) is 33.6 Å². The van der Waals surface area contributed by atoms with Crippen molar-refractivity contribution < 1.29 is 19.8 Å². The molecule has 106 valence electrons. The van der Waals surface area contributed by atoms with Crippen molar-refractivity contribution >= 4 is 12.0 Å². The molecule has 0 aromatic rings. The maximum Gasteiger partial charge on any atom is 0.323 e. The summed E-state index contributed by atoms with van der Waals surface area (Å²) in [5.74, 6) is -1.01. The standard InChI is InChI=1S/C12H24N2O4/c1-4-10(3)14(9-11(16)17)12(18)13(5-2)7-6-8-15/h10,15H,4-9H2,1-3H3,(H,16,17). The minimum Gasteiger partial charge on any atom is -0.480 e. The van der Waals surface area contributed by atoms with E-state index in [-0.39, 0.29) is 25.2 Å². The molecule has 0 heterocycles. The summed E-state index contributed by atoms with van der Waals surface area (Å²) in [7, 11) is 0. The first-order chi connectivity index (χ1) is 8.47. The van der Waals surface area contributed by atoms with Crippen LogP contribution in [0.25, 0.3) is 0 Å². The van der Waals surface area contributed by atoms with Crippen LogP contribution in [0.3, 0.4) is 0 Å². The van der Waals surface area contributed by atoms with Crippen molar-refractivity contribution in [1.29, 1.82) is 0 Å². The van der Waals surface area contributed by atoms with Gasteiger partial charge in [0.25, 0.3) is 0 Å². The molecule has 0 aliphatic heterocycles. The second-order valence-electron chi connectivity index (χ2n) is 4.22. The summed E-state index contributed by atoms with van der Waals surface area (Å²) >= 11 is 0. The molecule has 0 saturated carbocycles. The van der Waals surface area contributed by atoms with Crippen molar-refractivity contribution in [1.82, 2.24) is 9.80 Å². The van der Waals surface area contributed by atoms with Gasteiger partial charge in [0.1, 0.15) is 6.54 Å². The van der Waals surface area contributed by atoms with Gasteiger partial charge in [-0.3, -0.25) is 4.79 Å². The molecule has 6 heteroatoms. The lowest BCUT2D eigenvalue weighted by atomic mass is 10.2. The molecule has 2 N–H and O–H groups in total. The molecular formula is C12H24N2O4. The summed E-state index contributed by atoms with van der Waals surface area (Å²) in [5, 5.41) is 17.6. The van der Waals surface area contributed by atoms with Crippen LogP contribution in [0.2, 0.25) is 0 Å². The van der Waals surface area contributed by atoms with E-state index in [2.05, 4.69) is 0 Å². The molecule has 0 radical (unpaired) electrons. The number of aliphatic carboxylic acids is 1. The molecule has 0 aromatic heterocycles. The molecule has 1 unspecified atom stereocenters. The fraction of sp³-hybridized carbons (Fsp3) is 0.833. The minimum absolute atomic E-state index is 0.0199. The second-order valence-corrected chi connectivity index (χ2v) is 4.22. The fourth-order valence-corrected chi connectivity index (χ4v) is 1.61. The molecule has 18 heavy (non-hydrogen) atoms. The number of amides is 2. The molecule has 0 fully saturated rings. The average molecular weight is 260 g/mol. The van der Waals surface area contributed by atoms with E-state index in [1.807, 2.05) is 20.8 Å². The van der Waals surface area contributed by atoms with Crippen molar-refractivity contribution in [3.05, 3.63) is 0 Å². The molecule has 6 nitrogen and oxygen atoms in total. The molecule has 0 saturated heterocycles. The van der Waals surface area contributed by atoms with E-state index >= 15 is 0 Å². The van der Waals surface area contributed by atoms with Crippen molar-refractivity contribution in [2.75, 3.05) is 26.2 Å². The average Bonchev–Trinajstić information content (AvgIpc) is 2.35. The Labute approximate surface area is 108 Å². The Kier molecular flexibility index (Phi) is 8.11. The van der Waals surface area contributed by atoms with Crippen molar-refractivity contribution in [2.45, 2.75) is 39.7 Å². The fourth-order valence-electron chi connectivity index (χ4n) is 1.61. The number of aliphatic hydroxyl groups excluding tert-OH is 1. The van der Waals surface area contributed by atoms with Crippen LogP contribution in [0, 0.1) is 0 Å². The Balaban J connectivity index is 4.73. The van der Waals surface area contributed by atoms with Crippen LogP contribution >= 0.6 is 0 Å². The molecular weight excluding hydrogens is 236 g/mol. The maximum atomic E-state index is 12.2. The topological polar surface area (TPSA) is 81.1 Å². The van der Waals surface area contributed by atoms with Gasteiger partial charge in [0.2, 0.25) is 0 Å². The zero-order valence-corrected chi connectivity index (χ0v) is 11.4. The third-order valence-electron chi connectivity index (χ3n) is 2.91. The first-order valence-corrected chi connectivity index (χ1v) is 6.36. The SMILES string of the molecule is CCC(C)N(CC(=O)O)C(=O)N(CC)CCCO. The van der Waals surface area contributed by atoms with E-state index < -0.39 is 5.97 Å². The Morgan fingerprint density at radius 1 is 1.28 bits per heavy atom. The summed E-state index contributed by atoms with van der Waals surface area (Å²) in [4.78, 5) is 26.0. The summed E-state index contributed by atoms with van der Waals surface area (Å²) in [6, 6.07) is -0.389. The van der Waals surface area contributed by atoms with Gasteiger partial charge in [0.05, 0.1) is 0 Å². The third-order valence-corrected chi connectivity index (χ3v) is 2.91. The van der Waals surface area contributed by atoms with E-state index in [4.69, 9.17) is 10.2 Å². The van der Waals surface area contributed by atoms with Crippen molar-refractivity contribution in [3.63, 3.8) is 0 Å². The smallest absolute Gasteiger partial charge is 0.323 e. The molecule has 0 spiro atoms. The third kappa shape index (κ3) is 5.35. The van der Waals surface area contributed by atoms with Gasteiger partial charge in [0.15, 0.2) is 0 Å². The van der Waals surface area contributed by atoms with Gasteiger partial charge in [-0.2, -0.15) is 0 Å². The lowest BCUT2D eigenvalue weighted by Gasteiger charge is -2.32. The monoisotopic (exact) mass is 260 g/mol. The molecule has 2 amide bonds. The Hall–Kier alpha value is -1.30. The van der Waals surface area contributed by atoms with Gasteiger partial charge in [-0.1, -0.05) is 6.92 Å². The number of aliphatic hydroxyl groups is 1. The lowest BCUT2D eigenvalue weighted by molar-refractivity contribution is -0.138. The molecule has 0 rings (SSSR count). The predicted molar refractivity (Wildman–Crippen MR) is 68.4 cm³/mol. The van der Waals surface area contributed by atoms with Crippen LogP contribution in [-0.4, -0.2) is 64.3 Å². The number of carboxylic acids is 1. The van der Waals surface area contributed by atoms with Crippen LogP contribution < -0.4 is 0 Å². The van der Waals surface area contributed by atoms with Crippen LogP contribution in [0.15, 0.2) is 0 Å². The highest BCUT2D eigenvalue weighted by atomic mass is 16.4. The van der Waals surface area contributed by atoms with E-state index in [1.54, 1.807) is 4.90 Å². The van der Waals surface area contributed by atoms with Crippen LogP contribution in [-0.2, 0) is 4.79 Å².